The summed E-state index contributed by atoms with van der Waals surface area (Å²) < 4.78 is 0. The van der Waals surface area contributed by atoms with Crippen molar-refractivity contribution in [3.63, 3.8) is 0 Å². The molecule has 1 aromatic carbocycles. The van der Waals surface area contributed by atoms with Gasteiger partial charge in [0.1, 0.15) is 0 Å². The van der Waals surface area contributed by atoms with Crippen molar-refractivity contribution in [2.75, 3.05) is 17.2 Å². The molecule has 0 saturated carbocycles. The summed E-state index contributed by atoms with van der Waals surface area (Å²) in [6.45, 7) is 6.36. The van der Waals surface area contributed by atoms with Crippen molar-refractivity contribution >= 4 is 28.5 Å². The van der Waals surface area contributed by atoms with Crippen LogP contribution in [0.15, 0.2) is 18.2 Å². The predicted octanol–water partition coefficient (Wildman–Crippen LogP) is 2.94. The molecule has 0 N–H and O–H groups in total. The molecule has 1 heterocycles. The second-order valence-electron chi connectivity index (χ2n) is 5.17. The van der Waals surface area contributed by atoms with Gasteiger partial charge in [0.25, 0.3) is 0 Å². The Bertz CT molecular complexity index is 513. The number of aryl methyl sites for hydroxylation is 2. The van der Waals surface area contributed by atoms with Crippen molar-refractivity contribution in [2.24, 2.45) is 5.92 Å². The van der Waals surface area contributed by atoms with E-state index in [0.717, 1.165) is 29.1 Å². The maximum Gasteiger partial charge on any atom is 0.227 e. The Morgan fingerprint density at radius 2 is 2.16 bits per heavy atom. The van der Waals surface area contributed by atoms with Crippen LogP contribution in [0.1, 0.15) is 24.5 Å². The van der Waals surface area contributed by atoms with Crippen molar-refractivity contribution in [2.45, 2.75) is 27.2 Å². The number of rotatable bonds is 3. The van der Waals surface area contributed by atoms with Crippen molar-refractivity contribution in [3.8, 4) is 0 Å². The number of hydrogen-bond donors (Lipinski definition) is 0. The van der Waals surface area contributed by atoms with Gasteiger partial charge in [0.05, 0.1) is 0 Å². The van der Waals surface area contributed by atoms with Crippen LogP contribution in [0.3, 0.4) is 0 Å². The van der Waals surface area contributed by atoms with Crippen LogP contribution in [0.5, 0.6) is 0 Å². The van der Waals surface area contributed by atoms with Gasteiger partial charge in [-0.05, 0) is 37.0 Å². The van der Waals surface area contributed by atoms with E-state index in [2.05, 4.69) is 18.2 Å². The maximum absolute atomic E-state index is 12.1. The van der Waals surface area contributed by atoms with E-state index in [-0.39, 0.29) is 16.9 Å². The van der Waals surface area contributed by atoms with Gasteiger partial charge in [-0.2, -0.15) is 0 Å². The highest BCUT2D eigenvalue weighted by molar-refractivity contribution is 8.13. The van der Waals surface area contributed by atoms with Crippen molar-refractivity contribution in [1.29, 1.82) is 0 Å². The van der Waals surface area contributed by atoms with Gasteiger partial charge in [-0.1, -0.05) is 23.9 Å². The molecule has 1 unspecified atom stereocenters. The zero-order valence-corrected chi connectivity index (χ0v) is 12.4. The van der Waals surface area contributed by atoms with E-state index in [1.165, 1.54) is 11.8 Å². The largest absolute Gasteiger partial charge is 0.312 e. The number of carbonyl (C=O) groups excluding carboxylic acids is 2. The van der Waals surface area contributed by atoms with Crippen LogP contribution in [0.4, 0.5) is 5.69 Å². The van der Waals surface area contributed by atoms with Gasteiger partial charge < -0.3 is 4.90 Å². The van der Waals surface area contributed by atoms with E-state index in [1.54, 1.807) is 6.92 Å². The van der Waals surface area contributed by atoms with Crippen molar-refractivity contribution in [1.82, 2.24) is 0 Å². The smallest absolute Gasteiger partial charge is 0.227 e. The van der Waals surface area contributed by atoms with Crippen LogP contribution >= 0.6 is 11.8 Å². The first-order valence-electron chi connectivity index (χ1n) is 6.48. The standard InChI is InChI=1S/C15H19NO2S/c1-10-4-5-11(2)14(6-10)16-8-13(7-15(16)18)9-19-12(3)17/h4-6,13H,7-9H2,1-3H3. The molecule has 19 heavy (non-hydrogen) atoms. The van der Waals surface area contributed by atoms with Crippen molar-refractivity contribution in [3.05, 3.63) is 29.3 Å². The Hall–Kier alpha value is -1.29. The monoisotopic (exact) mass is 277 g/mol. The summed E-state index contributed by atoms with van der Waals surface area (Å²) in [5, 5.41) is 0.123. The quantitative estimate of drug-likeness (QED) is 0.852. The highest BCUT2D eigenvalue weighted by atomic mass is 32.2. The fourth-order valence-electron chi connectivity index (χ4n) is 2.37. The second-order valence-corrected chi connectivity index (χ2v) is 6.36. The summed E-state index contributed by atoms with van der Waals surface area (Å²) in [6.07, 6.45) is 0.549. The van der Waals surface area contributed by atoms with E-state index in [9.17, 15) is 9.59 Å². The zero-order chi connectivity index (χ0) is 14.0. The van der Waals surface area contributed by atoms with Crippen LogP contribution in [0.2, 0.25) is 0 Å². The molecule has 3 nitrogen and oxygen atoms in total. The average molecular weight is 277 g/mol. The molecule has 4 heteroatoms. The average Bonchev–Trinajstić information content (AvgIpc) is 2.71. The van der Waals surface area contributed by atoms with Crippen molar-refractivity contribution < 1.29 is 9.59 Å². The number of anilines is 1. The Labute approximate surface area is 118 Å². The third kappa shape index (κ3) is 3.38. The molecule has 1 saturated heterocycles. The topological polar surface area (TPSA) is 37.4 Å². The minimum absolute atomic E-state index is 0.123. The number of nitrogens with zero attached hydrogens (tertiary/aromatic N) is 1. The Morgan fingerprint density at radius 1 is 1.42 bits per heavy atom. The lowest BCUT2D eigenvalue weighted by Gasteiger charge is -2.19. The lowest BCUT2D eigenvalue weighted by molar-refractivity contribution is -0.117. The molecule has 0 bridgehead atoms. The third-order valence-corrected chi connectivity index (χ3v) is 4.43. The van der Waals surface area contributed by atoms with Crippen LogP contribution in [-0.4, -0.2) is 23.3 Å². The van der Waals surface area contributed by atoms with Gasteiger partial charge in [0.15, 0.2) is 5.12 Å². The first-order chi connectivity index (χ1) is 8.97. The molecular weight excluding hydrogens is 258 g/mol. The van der Waals surface area contributed by atoms with Gasteiger partial charge in [0, 0.05) is 31.3 Å². The molecule has 0 aliphatic carbocycles. The summed E-state index contributed by atoms with van der Waals surface area (Å²) in [5.41, 5.74) is 3.30. The Balaban J connectivity index is 2.11. The molecule has 1 aromatic rings. The molecule has 1 atom stereocenters. The molecule has 1 fully saturated rings. The lowest BCUT2D eigenvalue weighted by atomic mass is 10.1. The molecule has 1 amide bonds. The highest BCUT2D eigenvalue weighted by Crippen LogP contribution is 2.30. The lowest BCUT2D eigenvalue weighted by Crippen LogP contribution is -2.25. The van der Waals surface area contributed by atoms with Gasteiger partial charge in [0.2, 0.25) is 5.91 Å². The minimum Gasteiger partial charge on any atom is -0.312 e. The van der Waals surface area contributed by atoms with E-state index in [4.69, 9.17) is 0 Å². The van der Waals surface area contributed by atoms with Crippen LogP contribution in [0.25, 0.3) is 0 Å². The van der Waals surface area contributed by atoms with Gasteiger partial charge >= 0.3 is 0 Å². The normalized spacial score (nSPS) is 19.0. The summed E-state index contributed by atoms with van der Waals surface area (Å²) >= 11 is 1.32. The number of hydrogen-bond acceptors (Lipinski definition) is 3. The Kier molecular flexibility index (Phi) is 4.30. The van der Waals surface area contributed by atoms with Crippen LogP contribution in [0, 0.1) is 19.8 Å². The molecule has 0 aromatic heterocycles. The van der Waals surface area contributed by atoms with Gasteiger partial charge in [-0.3, -0.25) is 9.59 Å². The summed E-state index contributed by atoms with van der Waals surface area (Å²) in [4.78, 5) is 25.0. The van der Waals surface area contributed by atoms with E-state index < -0.39 is 0 Å². The Morgan fingerprint density at radius 3 is 2.84 bits per heavy atom. The zero-order valence-electron chi connectivity index (χ0n) is 11.6. The SMILES string of the molecule is CC(=O)SCC1CC(=O)N(c2cc(C)ccc2C)C1. The number of thioether (sulfide) groups is 1. The molecule has 0 radical (unpaired) electrons. The highest BCUT2D eigenvalue weighted by Gasteiger charge is 2.31. The van der Waals surface area contributed by atoms with Crippen LogP contribution < -0.4 is 4.90 Å². The molecular formula is C15H19NO2S. The fourth-order valence-corrected chi connectivity index (χ4v) is 3.07. The number of benzene rings is 1. The molecule has 1 aliphatic rings. The maximum atomic E-state index is 12.1. The summed E-state index contributed by atoms with van der Waals surface area (Å²) in [5.74, 6) is 1.19. The van der Waals surface area contributed by atoms with E-state index in [0.29, 0.717) is 6.42 Å². The fraction of sp³-hybridized carbons (Fsp3) is 0.467. The molecule has 102 valence electrons. The van der Waals surface area contributed by atoms with Gasteiger partial charge in [-0.25, -0.2) is 0 Å². The first kappa shape index (κ1) is 14.1. The second kappa shape index (κ2) is 5.78. The van der Waals surface area contributed by atoms with E-state index in [1.807, 2.05) is 18.7 Å². The molecule has 1 aliphatic heterocycles. The molecule has 2 rings (SSSR count). The summed E-state index contributed by atoms with van der Waals surface area (Å²) in [6, 6.07) is 6.17. The number of amides is 1. The first-order valence-corrected chi connectivity index (χ1v) is 7.47. The van der Waals surface area contributed by atoms with Gasteiger partial charge in [-0.15, -0.1) is 0 Å². The summed E-state index contributed by atoms with van der Waals surface area (Å²) in [7, 11) is 0. The minimum atomic E-state index is 0.123. The van der Waals surface area contributed by atoms with E-state index >= 15 is 0 Å². The molecule has 0 spiro atoms. The predicted molar refractivity (Wildman–Crippen MR) is 79.5 cm³/mol. The van der Waals surface area contributed by atoms with Crippen LogP contribution in [-0.2, 0) is 9.59 Å². The third-order valence-electron chi connectivity index (χ3n) is 3.38. The number of carbonyl (C=O) groups is 2.